The molecule has 0 unspecified atom stereocenters. The monoisotopic (exact) mass is 828 g/mol. The number of hydrogen-bond acceptors (Lipinski definition) is 5. The number of ketones is 1. The maximum absolute atomic E-state index is 11.7. The molecule has 49 heavy (non-hydrogen) atoms. The predicted molar refractivity (Wildman–Crippen MR) is 196 cm³/mol. The SMILES string of the molecule is CCC(CC)C(=O)/C=C(\O)C(CC)CC.[Ir].[c-]1c(-c2ncnc3oc4c(c23)-c2ccccc2CC4)cc(-c2ccccc2)c2ccccc12. The van der Waals surface area contributed by atoms with Crippen molar-refractivity contribution in [2.24, 2.45) is 11.8 Å². The average Bonchev–Trinajstić information content (AvgIpc) is 3.52. The minimum Gasteiger partial charge on any atom is -0.512 e. The van der Waals surface area contributed by atoms with E-state index in [0.717, 1.165) is 71.9 Å². The minimum absolute atomic E-state index is 0. The third kappa shape index (κ3) is 7.46. The summed E-state index contributed by atoms with van der Waals surface area (Å²) in [4.78, 5) is 21.0. The van der Waals surface area contributed by atoms with Gasteiger partial charge in [0.1, 0.15) is 12.1 Å². The maximum Gasteiger partial charge on any atom is 0.222 e. The molecule has 0 saturated carbocycles. The summed E-state index contributed by atoms with van der Waals surface area (Å²) in [5.74, 6) is 1.54. The first-order valence-corrected chi connectivity index (χ1v) is 17.3. The van der Waals surface area contributed by atoms with Gasteiger partial charge in [0.05, 0.1) is 5.76 Å². The molecule has 7 rings (SSSR count). The van der Waals surface area contributed by atoms with Crippen LogP contribution in [0.2, 0.25) is 0 Å². The van der Waals surface area contributed by atoms with Crippen molar-refractivity contribution in [1.29, 1.82) is 0 Å². The van der Waals surface area contributed by atoms with E-state index in [2.05, 4.69) is 89.9 Å². The topological polar surface area (TPSA) is 76.2 Å². The van der Waals surface area contributed by atoms with E-state index in [1.165, 1.54) is 33.7 Å². The van der Waals surface area contributed by atoms with Crippen LogP contribution in [-0.2, 0) is 37.7 Å². The van der Waals surface area contributed by atoms with E-state index < -0.39 is 0 Å². The van der Waals surface area contributed by atoms with Crippen molar-refractivity contribution in [3.63, 3.8) is 0 Å². The van der Waals surface area contributed by atoms with Crippen LogP contribution < -0.4 is 0 Å². The number of carbonyl (C=O) groups is 1. The first kappa shape index (κ1) is 35.9. The van der Waals surface area contributed by atoms with Crippen LogP contribution >= 0.6 is 0 Å². The summed E-state index contributed by atoms with van der Waals surface area (Å²) in [7, 11) is 0. The molecule has 6 heteroatoms. The van der Waals surface area contributed by atoms with Crippen molar-refractivity contribution in [3.05, 3.63) is 120 Å². The molecule has 5 nitrogen and oxygen atoms in total. The Labute approximate surface area is 302 Å². The standard InChI is InChI=1S/C30H19N2O.C13H24O2.Ir/c1-2-8-19(9-3-1)25-17-22(16-21-11-5-6-12-23(21)25)29-28-27-24-13-7-4-10-20(24)14-15-26(27)33-30(28)32-18-31-29;1-5-10(6-2)12(14)9-13(15)11(7-3)8-4;/h1-13,17-18H,14-15H2;9-11,14H,5-8H2,1-4H3;/q-1;;/b;12-9-;. The molecule has 6 aromatic rings. The number of allylic oxidation sites excluding steroid dienone is 2. The van der Waals surface area contributed by atoms with Crippen molar-refractivity contribution in [3.8, 4) is 33.5 Å². The number of aryl methyl sites for hydroxylation is 2. The first-order chi connectivity index (χ1) is 23.5. The molecule has 4 aromatic carbocycles. The van der Waals surface area contributed by atoms with Gasteiger partial charge < -0.3 is 9.52 Å². The maximum atomic E-state index is 11.7. The van der Waals surface area contributed by atoms with Crippen LogP contribution in [-0.4, -0.2) is 20.9 Å². The van der Waals surface area contributed by atoms with Crippen LogP contribution in [0.3, 0.4) is 0 Å². The summed E-state index contributed by atoms with van der Waals surface area (Å²) < 4.78 is 6.25. The number of aliphatic hydroxyl groups is 1. The molecule has 1 radical (unpaired) electrons. The van der Waals surface area contributed by atoms with Crippen molar-refractivity contribution in [2.45, 2.75) is 66.2 Å². The van der Waals surface area contributed by atoms with Gasteiger partial charge in [0.25, 0.3) is 0 Å². The number of rotatable bonds is 9. The zero-order chi connectivity index (χ0) is 33.6. The average molecular weight is 828 g/mol. The third-order valence-corrected chi connectivity index (χ3v) is 9.67. The quantitative estimate of drug-likeness (QED) is 0.0892. The Bertz CT molecular complexity index is 2070. The molecule has 1 N–H and O–H groups in total. The molecule has 0 spiro atoms. The molecular weight excluding hydrogens is 785 g/mol. The Hall–Kier alpha value is -4.38. The van der Waals surface area contributed by atoms with E-state index in [4.69, 9.17) is 9.40 Å². The zero-order valence-corrected chi connectivity index (χ0v) is 31.0. The van der Waals surface area contributed by atoms with Gasteiger partial charge in [-0.25, -0.2) is 4.98 Å². The van der Waals surface area contributed by atoms with Crippen molar-refractivity contribution >= 4 is 27.7 Å². The molecular formula is C43H43IrN2O3-. The van der Waals surface area contributed by atoms with Crippen molar-refractivity contribution in [1.82, 2.24) is 9.97 Å². The van der Waals surface area contributed by atoms with Crippen molar-refractivity contribution < 1.29 is 34.4 Å². The summed E-state index contributed by atoms with van der Waals surface area (Å²) in [6, 6.07) is 33.3. The van der Waals surface area contributed by atoms with Gasteiger partial charge in [-0.15, -0.1) is 23.6 Å². The molecule has 0 atom stereocenters. The Morgan fingerprint density at radius 2 is 1.51 bits per heavy atom. The second-order valence-electron chi connectivity index (χ2n) is 12.5. The van der Waals surface area contributed by atoms with Crippen LogP contribution in [0.15, 0.2) is 108 Å². The van der Waals surface area contributed by atoms with E-state index in [1.807, 2.05) is 33.8 Å². The number of aromatic nitrogens is 2. The van der Waals surface area contributed by atoms with Gasteiger partial charge in [-0.3, -0.25) is 9.78 Å². The van der Waals surface area contributed by atoms with E-state index in [9.17, 15) is 9.90 Å². The number of hydrogen-bond donors (Lipinski definition) is 1. The number of aliphatic hydroxyl groups excluding tert-OH is 1. The second kappa shape index (κ2) is 16.3. The Morgan fingerprint density at radius 1 is 0.837 bits per heavy atom. The first-order valence-electron chi connectivity index (χ1n) is 17.3. The number of furan rings is 1. The van der Waals surface area contributed by atoms with Crippen LogP contribution in [0, 0.1) is 17.9 Å². The van der Waals surface area contributed by atoms with Crippen molar-refractivity contribution in [2.75, 3.05) is 0 Å². The number of carbonyl (C=O) groups excluding carboxylic acids is 1. The van der Waals surface area contributed by atoms with Gasteiger partial charge in [-0.05, 0) is 48.8 Å². The fourth-order valence-corrected chi connectivity index (χ4v) is 6.87. The Morgan fingerprint density at radius 3 is 2.24 bits per heavy atom. The summed E-state index contributed by atoms with van der Waals surface area (Å²) in [5.41, 5.74) is 8.50. The molecule has 0 saturated heterocycles. The van der Waals surface area contributed by atoms with Crippen LogP contribution in [0.4, 0.5) is 0 Å². The van der Waals surface area contributed by atoms with Crippen LogP contribution in [0.5, 0.6) is 0 Å². The molecule has 253 valence electrons. The molecule has 0 fully saturated rings. The number of benzene rings is 4. The number of nitrogens with zero attached hydrogens (tertiary/aromatic N) is 2. The van der Waals surface area contributed by atoms with Gasteiger partial charge in [-0.1, -0.05) is 117 Å². The summed E-state index contributed by atoms with van der Waals surface area (Å²) >= 11 is 0. The molecule has 2 aromatic heterocycles. The van der Waals surface area contributed by atoms with E-state index in [-0.39, 0.29) is 43.5 Å². The third-order valence-electron chi connectivity index (χ3n) is 9.67. The van der Waals surface area contributed by atoms with Crippen LogP contribution in [0.25, 0.3) is 55.4 Å². The van der Waals surface area contributed by atoms with Crippen LogP contribution in [0.1, 0.15) is 64.7 Å². The molecule has 0 bridgehead atoms. The zero-order valence-electron chi connectivity index (χ0n) is 28.6. The predicted octanol–water partition coefficient (Wildman–Crippen LogP) is 11.1. The second-order valence-corrected chi connectivity index (χ2v) is 12.5. The van der Waals surface area contributed by atoms with Gasteiger partial charge in [0, 0.05) is 61.1 Å². The Kier molecular flexibility index (Phi) is 12.0. The van der Waals surface area contributed by atoms with E-state index in [0.29, 0.717) is 5.71 Å². The van der Waals surface area contributed by atoms with E-state index in [1.54, 1.807) is 6.33 Å². The van der Waals surface area contributed by atoms with E-state index >= 15 is 0 Å². The molecule has 1 aliphatic rings. The van der Waals surface area contributed by atoms with Gasteiger partial charge >= 0.3 is 0 Å². The van der Waals surface area contributed by atoms with Gasteiger partial charge in [-0.2, -0.15) is 0 Å². The molecule has 0 aliphatic heterocycles. The summed E-state index contributed by atoms with van der Waals surface area (Å²) in [5, 5.41) is 13.0. The summed E-state index contributed by atoms with van der Waals surface area (Å²) in [6.07, 6.45) is 8.36. The Balaban J connectivity index is 0.000000252. The van der Waals surface area contributed by atoms with Gasteiger partial charge in [0.15, 0.2) is 5.78 Å². The molecule has 0 amide bonds. The normalized spacial score (nSPS) is 12.3. The molecule has 1 aliphatic carbocycles. The summed E-state index contributed by atoms with van der Waals surface area (Å²) in [6.45, 7) is 8.07. The molecule has 2 heterocycles. The fourth-order valence-electron chi connectivity index (χ4n) is 6.87. The fraction of sp³-hybridized carbons (Fsp3) is 0.279. The largest absolute Gasteiger partial charge is 0.512 e. The minimum atomic E-state index is 0. The van der Waals surface area contributed by atoms with Gasteiger partial charge in [0.2, 0.25) is 5.71 Å². The number of fused-ring (bicyclic) bond motifs is 6. The smallest absolute Gasteiger partial charge is 0.222 e.